The lowest BCUT2D eigenvalue weighted by Crippen LogP contribution is -2.32. The van der Waals surface area contributed by atoms with Gasteiger partial charge in [0, 0.05) is 24.5 Å². The van der Waals surface area contributed by atoms with Gasteiger partial charge >= 0.3 is 0 Å². The van der Waals surface area contributed by atoms with Crippen molar-refractivity contribution in [1.82, 2.24) is 10.5 Å². The van der Waals surface area contributed by atoms with Crippen molar-refractivity contribution in [2.24, 2.45) is 0 Å². The lowest BCUT2D eigenvalue weighted by molar-refractivity contribution is 0.0928. The Kier molecular flexibility index (Phi) is 6.21. The van der Waals surface area contributed by atoms with Crippen LogP contribution in [0.5, 0.6) is 0 Å². The van der Waals surface area contributed by atoms with Crippen LogP contribution in [0.15, 0.2) is 10.6 Å². The molecule has 1 atom stereocenters. The van der Waals surface area contributed by atoms with Crippen LogP contribution in [0.1, 0.15) is 36.0 Å². The van der Waals surface area contributed by atoms with Crippen LogP contribution in [0, 0.1) is 0 Å². The van der Waals surface area contributed by atoms with Crippen LogP contribution >= 0.6 is 15.9 Å². The summed E-state index contributed by atoms with van der Waals surface area (Å²) in [7, 11) is 1.56. The Morgan fingerprint density at radius 3 is 3.12 bits per heavy atom. The molecule has 0 aliphatic carbocycles. The number of rotatable bonds is 7. The number of ether oxygens (including phenoxy) is 1. The number of nitrogens with one attached hydrogen (secondary N) is 1. The first-order chi connectivity index (χ1) is 8.17. The van der Waals surface area contributed by atoms with Gasteiger partial charge in [-0.05, 0) is 19.8 Å². The topological polar surface area (TPSA) is 64.4 Å². The van der Waals surface area contributed by atoms with Crippen molar-refractivity contribution >= 4 is 21.8 Å². The minimum absolute atomic E-state index is 0.127. The number of hydrogen-bond donors (Lipinski definition) is 1. The van der Waals surface area contributed by atoms with Gasteiger partial charge in [-0.15, -0.1) is 0 Å². The first kappa shape index (κ1) is 14.2. The molecule has 0 saturated carbocycles. The standard InChI is InChI=1S/C11H17BrN2O3/c1-8(4-3-5-12)13-11(15)10-6-9(7-16-2)17-14-10/h6,8H,3-5,7H2,1-2H3,(H,13,15). The lowest BCUT2D eigenvalue weighted by Gasteiger charge is -2.11. The highest BCUT2D eigenvalue weighted by Crippen LogP contribution is 2.06. The average molecular weight is 305 g/mol. The van der Waals surface area contributed by atoms with E-state index in [1.165, 1.54) is 0 Å². The number of aromatic nitrogens is 1. The van der Waals surface area contributed by atoms with Crippen molar-refractivity contribution in [1.29, 1.82) is 0 Å². The highest BCUT2D eigenvalue weighted by Gasteiger charge is 2.14. The number of alkyl halides is 1. The molecule has 96 valence electrons. The fourth-order valence-corrected chi connectivity index (χ4v) is 1.71. The minimum atomic E-state index is -0.210. The van der Waals surface area contributed by atoms with Gasteiger partial charge in [0.2, 0.25) is 0 Å². The van der Waals surface area contributed by atoms with Crippen molar-refractivity contribution in [3.63, 3.8) is 0 Å². The fourth-order valence-electron chi connectivity index (χ4n) is 1.38. The van der Waals surface area contributed by atoms with Gasteiger partial charge < -0.3 is 14.6 Å². The molecule has 6 heteroatoms. The molecule has 1 rings (SSSR count). The Balaban J connectivity index is 2.45. The number of amides is 1. The predicted octanol–water partition coefficient (Wildman–Crippen LogP) is 2.11. The van der Waals surface area contributed by atoms with Crippen LogP contribution < -0.4 is 5.32 Å². The van der Waals surface area contributed by atoms with Gasteiger partial charge in [-0.3, -0.25) is 4.79 Å². The molecule has 0 radical (unpaired) electrons. The van der Waals surface area contributed by atoms with Crippen molar-refractivity contribution < 1.29 is 14.1 Å². The van der Waals surface area contributed by atoms with E-state index in [2.05, 4.69) is 26.4 Å². The van der Waals surface area contributed by atoms with E-state index in [9.17, 15) is 4.79 Å². The molecular weight excluding hydrogens is 288 g/mol. The summed E-state index contributed by atoms with van der Waals surface area (Å²) < 4.78 is 9.83. The molecular formula is C11H17BrN2O3. The smallest absolute Gasteiger partial charge is 0.273 e. The third-order valence-corrected chi connectivity index (χ3v) is 2.79. The quantitative estimate of drug-likeness (QED) is 0.784. The van der Waals surface area contributed by atoms with Crippen molar-refractivity contribution in [3.8, 4) is 0 Å². The maximum atomic E-state index is 11.7. The highest BCUT2D eigenvalue weighted by molar-refractivity contribution is 9.09. The number of methoxy groups -OCH3 is 1. The number of nitrogens with zero attached hydrogens (tertiary/aromatic N) is 1. The second-order valence-corrected chi connectivity index (χ2v) is 4.61. The van der Waals surface area contributed by atoms with Gasteiger partial charge in [-0.25, -0.2) is 0 Å². The van der Waals surface area contributed by atoms with Crippen LogP contribution in [-0.4, -0.2) is 29.5 Å². The Morgan fingerprint density at radius 2 is 2.47 bits per heavy atom. The Bertz CT molecular complexity index is 354. The van der Waals surface area contributed by atoms with Gasteiger partial charge in [0.25, 0.3) is 5.91 Å². The van der Waals surface area contributed by atoms with Crippen LogP contribution in [0.25, 0.3) is 0 Å². The second kappa shape index (κ2) is 7.45. The van der Waals surface area contributed by atoms with E-state index >= 15 is 0 Å². The zero-order chi connectivity index (χ0) is 12.7. The van der Waals surface area contributed by atoms with Crippen LogP contribution in [0.2, 0.25) is 0 Å². The van der Waals surface area contributed by atoms with Gasteiger partial charge in [-0.1, -0.05) is 21.1 Å². The molecule has 1 heterocycles. The van der Waals surface area contributed by atoms with Crippen LogP contribution in [0.4, 0.5) is 0 Å². The summed E-state index contributed by atoms with van der Waals surface area (Å²) >= 11 is 3.36. The van der Waals surface area contributed by atoms with Gasteiger partial charge in [0.05, 0.1) is 0 Å². The molecule has 1 N–H and O–H groups in total. The summed E-state index contributed by atoms with van der Waals surface area (Å²) in [6.45, 7) is 2.29. The van der Waals surface area contributed by atoms with Crippen molar-refractivity contribution in [2.75, 3.05) is 12.4 Å². The first-order valence-corrected chi connectivity index (χ1v) is 6.61. The van der Waals surface area contributed by atoms with E-state index in [1.807, 2.05) is 6.92 Å². The summed E-state index contributed by atoms with van der Waals surface area (Å²) in [6, 6.07) is 1.72. The van der Waals surface area contributed by atoms with E-state index in [1.54, 1.807) is 13.2 Å². The third-order valence-electron chi connectivity index (χ3n) is 2.23. The number of hydrogen-bond acceptors (Lipinski definition) is 4. The van der Waals surface area contributed by atoms with E-state index in [-0.39, 0.29) is 11.9 Å². The van der Waals surface area contributed by atoms with Crippen molar-refractivity contribution in [3.05, 3.63) is 17.5 Å². The maximum Gasteiger partial charge on any atom is 0.273 e. The number of carbonyl (C=O) groups excluding carboxylic acids is 1. The number of halogens is 1. The Labute approximate surface area is 109 Å². The molecule has 0 spiro atoms. The SMILES string of the molecule is COCc1cc(C(=O)NC(C)CCCBr)no1. The normalized spacial score (nSPS) is 12.4. The average Bonchev–Trinajstić information content (AvgIpc) is 2.75. The largest absolute Gasteiger partial charge is 0.377 e. The summed E-state index contributed by atoms with van der Waals surface area (Å²) in [4.78, 5) is 11.7. The summed E-state index contributed by atoms with van der Waals surface area (Å²) in [6.07, 6.45) is 1.95. The van der Waals surface area contributed by atoms with E-state index in [0.717, 1.165) is 18.2 Å². The molecule has 1 amide bonds. The summed E-state index contributed by atoms with van der Waals surface area (Å²) in [5, 5.41) is 7.49. The van der Waals surface area contributed by atoms with Gasteiger partial charge in [-0.2, -0.15) is 0 Å². The van der Waals surface area contributed by atoms with E-state index < -0.39 is 0 Å². The molecule has 1 aromatic rings. The minimum Gasteiger partial charge on any atom is -0.377 e. The van der Waals surface area contributed by atoms with Gasteiger partial charge in [0.1, 0.15) is 6.61 Å². The zero-order valence-electron chi connectivity index (χ0n) is 10.0. The molecule has 1 unspecified atom stereocenters. The monoisotopic (exact) mass is 304 g/mol. The molecule has 17 heavy (non-hydrogen) atoms. The molecule has 0 bridgehead atoms. The van der Waals surface area contributed by atoms with Gasteiger partial charge in [0.15, 0.2) is 11.5 Å². The molecule has 0 fully saturated rings. The molecule has 5 nitrogen and oxygen atoms in total. The maximum absolute atomic E-state index is 11.7. The third kappa shape index (κ3) is 4.87. The zero-order valence-corrected chi connectivity index (χ0v) is 11.6. The van der Waals surface area contributed by atoms with Crippen LogP contribution in [-0.2, 0) is 11.3 Å². The van der Waals surface area contributed by atoms with Crippen LogP contribution in [0.3, 0.4) is 0 Å². The summed E-state index contributed by atoms with van der Waals surface area (Å²) in [5.41, 5.74) is 0.294. The first-order valence-electron chi connectivity index (χ1n) is 5.48. The molecule has 0 aliphatic heterocycles. The molecule has 0 aliphatic rings. The lowest BCUT2D eigenvalue weighted by atomic mass is 10.2. The second-order valence-electron chi connectivity index (χ2n) is 3.82. The molecule has 0 aromatic carbocycles. The fraction of sp³-hybridized carbons (Fsp3) is 0.636. The Morgan fingerprint density at radius 1 is 1.71 bits per heavy atom. The molecule has 0 saturated heterocycles. The Hall–Kier alpha value is -0.880. The van der Waals surface area contributed by atoms with Crippen molar-refractivity contribution in [2.45, 2.75) is 32.4 Å². The number of carbonyl (C=O) groups is 1. The van der Waals surface area contributed by atoms with E-state index in [0.29, 0.717) is 18.1 Å². The summed E-state index contributed by atoms with van der Waals surface area (Å²) in [5.74, 6) is 0.337. The highest BCUT2D eigenvalue weighted by atomic mass is 79.9. The molecule has 1 aromatic heterocycles. The van der Waals surface area contributed by atoms with E-state index in [4.69, 9.17) is 9.26 Å². The predicted molar refractivity (Wildman–Crippen MR) is 67.2 cm³/mol.